The molecular formula is C15H25N3O. The Morgan fingerprint density at radius 1 is 1.42 bits per heavy atom. The van der Waals surface area contributed by atoms with Crippen molar-refractivity contribution in [1.29, 1.82) is 0 Å². The number of hydrogen-bond donors (Lipinski definition) is 2. The van der Waals surface area contributed by atoms with Crippen LogP contribution in [-0.2, 0) is 4.79 Å². The summed E-state index contributed by atoms with van der Waals surface area (Å²) in [6.45, 7) is 4.46. The zero-order valence-corrected chi connectivity index (χ0v) is 12.4. The lowest BCUT2D eigenvalue weighted by atomic mass is 10.0. The van der Waals surface area contributed by atoms with Crippen molar-refractivity contribution in [2.75, 3.05) is 30.9 Å². The highest BCUT2D eigenvalue weighted by Crippen LogP contribution is 2.22. The maximum atomic E-state index is 12.1. The molecule has 0 aliphatic heterocycles. The number of carbonyl (C=O) groups excluding carboxylic acids is 1. The summed E-state index contributed by atoms with van der Waals surface area (Å²) in [6.07, 6.45) is 1.80. The molecule has 1 atom stereocenters. The summed E-state index contributed by atoms with van der Waals surface area (Å²) < 4.78 is 0. The van der Waals surface area contributed by atoms with Crippen LogP contribution in [0.3, 0.4) is 0 Å². The Labute approximate surface area is 116 Å². The van der Waals surface area contributed by atoms with Crippen LogP contribution in [-0.4, -0.2) is 26.5 Å². The van der Waals surface area contributed by atoms with E-state index in [0.29, 0.717) is 6.54 Å². The van der Waals surface area contributed by atoms with Crippen LogP contribution in [0, 0.1) is 12.8 Å². The van der Waals surface area contributed by atoms with Gasteiger partial charge in [-0.2, -0.15) is 0 Å². The third kappa shape index (κ3) is 4.24. The number of rotatable bonds is 6. The van der Waals surface area contributed by atoms with Crippen molar-refractivity contribution in [3.05, 3.63) is 23.8 Å². The van der Waals surface area contributed by atoms with Crippen LogP contribution in [0.4, 0.5) is 11.4 Å². The molecule has 4 heteroatoms. The van der Waals surface area contributed by atoms with E-state index in [0.717, 1.165) is 29.8 Å². The molecule has 1 rings (SSSR count). The zero-order chi connectivity index (χ0) is 14.4. The predicted octanol–water partition coefficient (Wildman–Crippen LogP) is 2.37. The number of hydrogen-bond acceptors (Lipinski definition) is 3. The van der Waals surface area contributed by atoms with Gasteiger partial charge in [0.2, 0.25) is 5.91 Å². The van der Waals surface area contributed by atoms with Crippen molar-refractivity contribution >= 4 is 17.3 Å². The summed E-state index contributed by atoms with van der Waals surface area (Å²) in [5.41, 5.74) is 8.70. The maximum absolute atomic E-state index is 12.1. The smallest absolute Gasteiger partial charge is 0.228 e. The second kappa shape index (κ2) is 7.14. The van der Waals surface area contributed by atoms with E-state index in [-0.39, 0.29) is 11.8 Å². The summed E-state index contributed by atoms with van der Waals surface area (Å²) in [7, 11) is 4.00. The van der Waals surface area contributed by atoms with Gasteiger partial charge >= 0.3 is 0 Å². The largest absolute Gasteiger partial charge is 0.378 e. The number of carbonyl (C=O) groups is 1. The zero-order valence-electron chi connectivity index (χ0n) is 12.4. The molecule has 1 aromatic rings. The van der Waals surface area contributed by atoms with E-state index in [2.05, 4.69) is 18.3 Å². The van der Waals surface area contributed by atoms with Gasteiger partial charge in [0.25, 0.3) is 0 Å². The molecule has 19 heavy (non-hydrogen) atoms. The number of amides is 1. The molecule has 106 valence electrons. The monoisotopic (exact) mass is 263 g/mol. The van der Waals surface area contributed by atoms with Crippen LogP contribution >= 0.6 is 0 Å². The molecule has 0 saturated heterocycles. The number of nitrogens with one attached hydrogen (secondary N) is 1. The SMILES string of the molecule is CCCC(CN)C(=O)Nc1ccc(N(C)C)cc1C. The average molecular weight is 263 g/mol. The molecule has 0 radical (unpaired) electrons. The van der Waals surface area contributed by atoms with E-state index in [1.54, 1.807) is 0 Å². The average Bonchev–Trinajstić information content (AvgIpc) is 2.37. The predicted molar refractivity (Wildman–Crippen MR) is 81.6 cm³/mol. The van der Waals surface area contributed by atoms with Crippen LogP contribution in [0.1, 0.15) is 25.3 Å². The van der Waals surface area contributed by atoms with Gasteiger partial charge in [-0.15, -0.1) is 0 Å². The Balaban J connectivity index is 2.79. The lowest BCUT2D eigenvalue weighted by molar-refractivity contribution is -0.119. The highest BCUT2D eigenvalue weighted by molar-refractivity contribution is 5.93. The van der Waals surface area contributed by atoms with Crippen LogP contribution in [0.5, 0.6) is 0 Å². The normalized spacial score (nSPS) is 12.1. The van der Waals surface area contributed by atoms with Gasteiger partial charge in [-0.05, 0) is 37.1 Å². The lowest BCUT2D eigenvalue weighted by Crippen LogP contribution is -2.29. The van der Waals surface area contributed by atoms with Crippen LogP contribution in [0.25, 0.3) is 0 Å². The van der Waals surface area contributed by atoms with Gasteiger partial charge in [-0.1, -0.05) is 13.3 Å². The standard InChI is InChI=1S/C15H25N3O/c1-5-6-12(10-16)15(19)17-14-8-7-13(18(3)4)9-11(14)2/h7-9,12H,5-6,10,16H2,1-4H3,(H,17,19). The first-order chi connectivity index (χ1) is 8.99. The van der Waals surface area contributed by atoms with Gasteiger partial charge < -0.3 is 16.0 Å². The molecule has 0 saturated carbocycles. The highest BCUT2D eigenvalue weighted by atomic mass is 16.1. The van der Waals surface area contributed by atoms with E-state index < -0.39 is 0 Å². The van der Waals surface area contributed by atoms with E-state index in [4.69, 9.17) is 5.73 Å². The van der Waals surface area contributed by atoms with Gasteiger partial charge in [-0.25, -0.2) is 0 Å². The Hall–Kier alpha value is -1.55. The molecule has 0 spiro atoms. The van der Waals surface area contributed by atoms with Gasteiger partial charge in [0.15, 0.2) is 0 Å². The minimum Gasteiger partial charge on any atom is -0.378 e. The fourth-order valence-electron chi connectivity index (χ4n) is 2.01. The van der Waals surface area contributed by atoms with Crippen molar-refractivity contribution in [3.8, 4) is 0 Å². The number of benzene rings is 1. The molecule has 0 bridgehead atoms. The van der Waals surface area contributed by atoms with Crippen molar-refractivity contribution < 1.29 is 4.79 Å². The minimum absolute atomic E-state index is 0.0186. The first kappa shape index (κ1) is 15.5. The third-order valence-corrected chi connectivity index (χ3v) is 3.28. The second-order valence-electron chi connectivity index (χ2n) is 5.10. The van der Waals surface area contributed by atoms with Gasteiger partial charge in [0.05, 0.1) is 5.92 Å². The summed E-state index contributed by atoms with van der Waals surface area (Å²) in [4.78, 5) is 14.1. The first-order valence-electron chi connectivity index (χ1n) is 6.78. The van der Waals surface area contributed by atoms with Crippen LogP contribution < -0.4 is 16.0 Å². The first-order valence-corrected chi connectivity index (χ1v) is 6.78. The Morgan fingerprint density at radius 2 is 2.11 bits per heavy atom. The van der Waals surface area contributed by atoms with Crippen molar-refractivity contribution in [2.24, 2.45) is 11.7 Å². The summed E-state index contributed by atoms with van der Waals surface area (Å²) in [5.74, 6) is -0.0806. The topological polar surface area (TPSA) is 58.4 Å². The molecular weight excluding hydrogens is 238 g/mol. The molecule has 0 aromatic heterocycles. The highest BCUT2D eigenvalue weighted by Gasteiger charge is 2.16. The summed E-state index contributed by atoms with van der Waals surface area (Å²) in [6, 6.07) is 6.01. The number of anilines is 2. The van der Waals surface area contributed by atoms with Gasteiger partial charge in [0, 0.05) is 32.0 Å². The van der Waals surface area contributed by atoms with Gasteiger partial charge in [-0.3, -0.25) is 4.79 Å². The number of nitrogens with two attached hydrogens (primary N) is 1. The quantitative estimate of drug-likeness (QED) is 0.828. The van der Waals surface area contributed by atoms with E-state index >= 15 is 0 Å². The van der Waals surface area contributed by atoms with Crippen molar-refractivity contribution in [1.82, 2.24) is 0 Å². The van der Waals surface area contributed by atoms with Crippen molar-refractivity contribution in [2.45, 2.75) is 26.7 Å². The minimum atomic E-state index is -0.0991. The molecule has 0 fully saturated rings. The Bertz CT molecular complexity index is 429. The molecule has 3 N–H and O–H groups in total. The molecule has 1 unspecified atom stereocenters. The van der Waals surface area contributed by atoms with E-state index in [1.807, 2.05) is 38.1 Å². The van der Waals surface area contributed by atoms with Crippen LogP contribution in [0.15, 0.2) is 18.2 Å². The molecule has 0 aliphatic carbocycles. The molecule has 4 nitrogen and oxygen atoms in total. The Kier molecular flexibility index (Phi) is 5.83. The maximum Gasteiger partial charge on any atom is 0.228 e. The fourth-order valence-corrected chi connectivity index (χ4v) is 2.01. The Morgan fingerprint density at radius 3 is 2.58 bits per heavy atom. The van der Waals surface area contributed by atoms with Crippen molar-refractivity contribution in [3.63, 3.8) is 0 Å². The fraction of sp³-hybridized carbons (Fsp3) is 0.533. The van der Waals surface area contributed by atoms with Crippen LogP contribution in [0.2, 0.25) is 0 Å². The van der Waals surface area contributed by atoms with E-state index in [9.17, 15) is 4.79 Å². The third-order valence-electron chi connectivity index (χ3n) is 3.28. The summed E-state index contributed by atoms with van der Waals surface area (Å²) in [5, 5.41) is 2.97. The molecule has 1 amide bonds. The summed E-state index contributed by atoms with van der Waals surface area (Å²) >= 11 is 0. The number of aryl methyl sites for hydroxylation is 1. The molecule has 1 aromatic carbocycles. The molecule has 0 heterocycles. The number of nitrogens with zero attached hydrogens (tertiary/aromatic N) is 1. The lowest BCUT2D eigenvalue weighted by Gasteiger charge is -2.18. The van der Waals surface area contributed by atoms with E-state index in [1.165, 1.54) is 0 Å². The van der Waals surface area contributed by atoms with Gasteiger partial charge in [0.1, 0.15) is 0 Å². The molecule has 0 aliphatic rings. The second-order valence-corrected chi connectivity index (χ2v) is 5.10.